The van der Waals surface area contributed by atoms with Gasteiger partial charge in [0.25, 0.3) is 0 Å². The maximum Gasteiger partial charge on any atom is 0.416 e. The van der Waals surface area contributed by atoms with E-state index in [2.05, 4.69) is 0 Å². The monoisotopic (exact) mass is 307 g/mol. The fourth-order valence-corrected chi connectivity index (χ4v) is 1.44. The molecule has 0 N–H and O–H groups in total. The molecule has 0 fully saturated rings. The van der Waals surface area contributed by atoms with Crippen LogP contribution in [0.4, 0.5) is 13.2 Å². The van der Waals surface area contributed by atoms with E-state index in [4.69, 9.17) is 10.00 Å². The van der Waals surface area contributed by atoms with Crippen molar-refractivity contribution in [3.63, 3.8) is 0 Å². The molecule has 114 valence electrons. The van der Waals surface area contributed by atoms with E-state index in [9.17, 15) is 18.0 Å². The van der Waals surface area contributed by atoms with Gasteiger partial charge in [0.05, 0.1) is 17.4 Å². The third-order valence-electron chi connectivity index (χ3n) is 2.50. The topological polar surface area (TPSA) is 50.1 Å². The lowest BCUT2D eigenvalue weighted by Gasteiger charge is -2.07. The van der Waals surface area contributed by atoms with E-state index in [-0.39, 0.29) is 16.9 Å². The Morgan fingerprint density at radius 3 is 2.64 bits per heavy atom. The second-order valence-corrected chi connectivity index (χ2v) is 4.05. The van der Waals surface area contributed by atoms with Gasteiger partial charge in [-0.25, -0.2) is 0 Å². The van der Waals surface area contributed by atoms with Crippen LogP contribution < -0.4 is 4.74 Å². The van der Waals surface area contributed by atoms with Crippen molar-refractivity contribution < 1.29 is 22.7 Å². The summed E-state index contributed by atoms with van der Waals surface area (Å²) in [6.07, 6.45) is 1.27. The minimum Gasteiger partial charge on any atom is -0.464 e. The van der Waals surface area contributed by atoms with Crippen LogP contribution in [0.2, 0.25) is 0 Å². The summed E-state index contributed by atoms with van der Waals surface area (Å²) in [5, 5.41) is 8.92. The number of nitriles is 1. The van der Waals surface area contributed by atoms with E-state index >= 15 is 0 Å². The highest BCUT2D eigenvalue weighted by molar-refractivity contribution is 5.76. The first-order valence-electron chi connectivity index (χ1n) is 6.15. The Bertz CT molecular complexity index is 665. The van der Waals surface area contributed by atoms with Gasteiger partial charge in [-0.3, -0.25) is 4.79 Å². The maximum absolute atomic E-state index is 12.7. The molecule has 0 atom stereocenters. The molecule has 0 aromatic heterocycles. The van der Waals surface area contributed by atoms with Crippen LogP contribution >= 0.6 is 0 Å². The molecule has 1 aromatic carbocycles. The minimum atomic E-state index is -4.52. The predicted molar refractivity (Wildman–Crippen MR) is 75.3 cm³/mol. The van der Waals surface area contributed by atoms with E-state index in [1.54, 1.807) is 6.92 Å². The fourth-order valence-electron chi connectivity index (χ4n) is 1.44. The number of carbonyl (C=O) groups is 1. The Labute approximate surface area is 125 Å². The van der Waals surface area contributed by atoms with Crippen molar-refractivity contribution in [1.82, 2.24) is 0 Å². The van der Waals surface area contributed by atoms with Gasteiger partial charge < -0.3 is 4.74 Å². The van der Waals surface area contributed by atoms with Crippen LogP contribution in [-0.4, -0.2) is 12.5 Å². The standard InChI is InChI=1S/C16H12F3NO2/c1-2-3-4-14(16(17,18)19)7-8-22-15-6-5-12(11-21)9-13(15)10-20/h2-9,11H,1H3/b3-2-,8-7+,14-4+. The number of aldehydes is 1. The van der Waals surface area contributed by atoms with Crippen molar-refractivity contribution in [2.24, 2.45) is 0 Å². The van der Waals surface area contributed by atoms with Crippen molar-refractivity contribution in [3.05, 3.63) is 65.5 Å². The molecule has 3 nitrogen and oxygen atoms in total. The van der Waals surface area contributed by atoms with Crippen LogP contribution in [0.5, 0.6) is 5.75 Å². The van der Waals surface area contributed by atoms with Gasteiger partial charge in [0.2, 0.25) is 0 Å². The number of nitrogens with zero attached hydrogens (tertiary/aromatic N) is 1. The molecule has 0 aliphatic rings. The molecule has 0 unspecified atom stereocenters. The molecule has 0 spiro atoms. The fraction of sp³-hybridized carbons (Fsp3) is 0.125. The van der Waals surface area contributed by atoms with Crippen molar-refractivity contribution >= 4 is 6.29 Å². The Balaban J connectivity index is 2.97. The van der Waals surface area contributed by atoms with E-state index < -0.39 is 11.7 Å². The van der Waals surface area contributed by atoms with Gasteiger partial charge in [0.1, 0.15) is 18.1 Å². The lowest BCUT2D eigenvalue weighted by molar-refractivity contribution is -0.0883. The number of rotatable bonds is 5. The Morgan fingerprint density at radius 1 is 1.36 bits per heavy atom. The highest BCUT2D eigenvalue weighted by Gasteiger charge is 2.31. The zero-order valence-corrected chi connectivity index (χ0v) is 11.6. The molecule has 0 saturated heterocycles. The first kappa shape index (κ1) is 17.2. The van der Waals surface area contributed by atoms with Crippen LogP contribution in [0, 0.1) is 11.3 Å². The van der Waals surface area contributed by atoms with E-state index in [0.717, 1.165) is 18.4 Å². The largest absolute Gasteiger partial charge is 0.464 e. The first-order chi connectivity index (χ1) is 10.4. The van der Waals surface area contributed by atoms with Crippen LogP contribution in [0.25, 0.3) is 0 Å². The molecule has 0 saturated carbocycles. The SMILES string of the molecule is C\C=C/C=C(\C=C\Oc1ccc(C=O)cc1C#N)C(F)(F)F. The van der Waals surface area contributed by atoms with E-state index in [0.29, 0.717) is 6.29 Å². The van der Waals surface area contributed by atoms with Crippen molar-refractivity contribution in [1.29, 1.82) is 5.26 Å². The molecular formula is C16H12F3NO2. The maximum atomic E-state index is 12.7. The van der Waals surface area contributed by atoms with Crippen molar-refractivity contribution in [2.75, 3.05) is 0 Å². The lowest BCUT2D eigenvalue weighted by atomic mass is 10.1. The third kappa shape index (κ3) is 4.94. The first-order valence-corrected chi connectivity index (χ1v) is 6.15. The van der Waals surface area contributed by atoms with E-state index in [1.807, 2.05) is 6.07 Å². The molecule has 6 heteroatoms. The van der Waals surface area contributed by atoms with Gasteiger partial charge in [0, 0.05) is 5.56 Å². The Hall–Kier alpha value is -2.81. The quantitative estimate of drug-likeness (QED) is 0.462. The number of benzene rings is 1. The molecule has 22 heavy (non-hydrogen) atoms. The lowest BCUT2D eigenvalue weighted by Crippen LogP contribution is -2.09. The van der Waals surface area contributed by atoms with Crippen LogP contribution in [0.3, 0.4) is 0 Å². The van der Waals surface area contributed by atoms with Gasteiger partial charge in [-0.05, 0) is 31.2 Å². The number of ether oxygens (including phenoxy) is 1. The second-order valence-electron chi connectivity index (χ2n) is 4.05. The summed E-state index contributed by atoms with van der Waals surface area (Å²) < 4.78 is 43.2. The number of hydrogen-bond donors (Lipinski definition) is 0. The number of alkyl halides is 3. The van der Waals surface area contributed by atoms with Gasteiger partial charge in [0.15, 0.2) is 0 Å². The molecular weight excluding hydrogens is 295 g/mol. The second kappa shape index (κ2) is 7.84. The Morgan fingerprint density at radius 2 is 2.09 bits per heavy atom. The normalized spacial score (nSPS) is 12.6. The van der Waals surface area contributed by atoms with Gasteiger partial charge in [-0.2, -0.15) is 18.4 Å². The number of allylic oxidation sites excluding steroid dienone is 5. The molecule has 0 heterocycles. The van der Waals surface area contributed by atoms with Crippen LogP contribution in [-0.2, 0) is 0 Å². The van der Waals surface area contributed by atoms with Gasteiger partial charge in [-0.1, -0.05) is 18.2 Å². The summed E-state index contributed by atoms with van der Waals surface area (Å²) >= 11 is 0. The van der Waals surface area contributed by atoms with Crippen molar-refractivity contribution in [2.45, 2.75) is 13.1 Å². The van der Waals surface area contributed by atoms with Gasteiger partial charge >= 0.3 is 6.18 Å². The summed E-state index contributed by atoms with van der Waals surface area (Å²) in [7, 11) is 0. The van der Waals surface area contributed by atoms with Crippen LogP contribution in [0.15, 0.2) is 54.3 Å². The molecule has 1 rings (SSSR count). The average molecular weight is 307 g/mol. The molecule has 0 bridgehead atoms. The highest BCUT2D eigenvalue weighted by atomic mass is 19.4. The molecule has 0 amide bonds. The smallest absolute Gasteiger partial charge is 0.416 e. The molecule has 1 aromatic rings. The summed E-state index contributed by atoms with van der Waals surface area (Å²) in [5.41, 5.74) is -0.564. The average Bonchev–Trinajstić information content (AvgIpc) is 2.49. The highest BCUT2D eigenvalue weighted by Crippen LogP contribution is 2.27. The summed E-state index contributed by atoms with van der Waals surface area (Å²) in [6.45, 7) is 1.60. The summed E-state index contributed by atoms with van der Waals surface area (Å²) in [4.78, 5) is 10.6. The zero-order valence-electron chi connectivity index (χ0n) is 11.6. The molecule has 0 aliphatic carbocycles. The van der Waals surface area contributed by atoms with E-state index in [1.165, 1.54) is 30.4 Å². The van der Waals surface area contributed by atoms with Crippen LogP contribution in [0.1, 0.15) is 22.8 Å². The third-order valence-corrected chi connectivity index (χ3v) is 2.50. The molecule has 0 radical (unpaired) electrons. The minimum absolute atomic E-state index is 0.0558. The predicted octanol–water partition coefficient (Wildman–Crippen LogP) is 4.33. The number of halogens is 3. The summed E-state index contributed by atoms with van der Waals surface area (Å²) in [6, 6.07) is 5.84. The number of hydrogen-bond acceptors (Lipinski definition) is 3. The number of carbonyl (C=O) groups excluding carboxylic acids is 1. The van der Waals surface area contributed by atoms with Crippen molar-refractivity contribution in [3.8, 4) is 11.8 Å². The van der Waals surface area contributed by atoms with Gasteiger partial charge in [-0.15, -0.1) is 0 Å². The Kier molecular flexibility index (Phi) is 6.14. The zero-order chi connectivity index (χ0) is 16.6. The summed E-state index contributed by atoms with van der Waals surface area (Å²) in [5.74, 6) is 0.0666. The molecule has 0 aliphatic heterocycles.